The molecule has 0 fully saturated rings. The van der Waals surface area contributed by atoms with Crippen LogP contribution in [0.4, 0.5) is 23.5 Å². The summed E-state index contributed by atoms with van der Waals surface area (Å²) in [7, 11) is -2.41. The fourth-order valence-corrected chi connectivity index (χ4v) is 12.8. The van der Waals surface area contributed by atoms with Crippen molar-refractivity contribution < 1.29 is 45.6 Å². The number of fused-ring (bicyclic) bond motifs is 3. The zero-order valence-corrected chi connectivity index (χ0v) is 67.2. The van der Waals surface area contributed by atoms with E-state index in [1.165, 1.54) is 18.8 Å². The summed E-state index contributed by atoms with van der Waals surface area (Å²) >= 11 is 11.4. The molecule has 0 aliphatic heterocycles. The number of anilines is 4. The molecule has 0 amide bonds. The van der Waals surface area contributed by atoms with Crippen LogP contribution in [0.25, 0.3) is 33.1 Å². The van der Waals surface area contributed by atoms with Gasteiger partial charge in [-0.2, -0.15) is 9.97 Å². The Bertz CT molecular complexity index is 4140. The van der Waals surface area contributed by atoms with Crippen LogP contribution in [0.1, 0.15) is 145 Å². The summed E-state index contributed by atoms with van der Waals surface area (Å²) in [4.78, 5) is 40.6. The zero-order chi connectivity index (χ0) is 76.0. The minimum absolute atomic E-state index is 0. The fourth-order valence-electron chi connectivity index (χ4n) is 10.2. The molecule has 0 radical (unpaired) electrons. The number of nitrogens with zero attached hydrogens (tertiary/aromatic N) is 10. The van der Waals surface area contributed by atoms with Crippen molar-refractivity contribution in [2.75, 3.05) is 92.7 Å². The van der Waals surface area contributed by atoms with E-state index < -0.39 is 29.5 Å². The van der Waals surface area contributed by atoms with E-state index >= 15 is 0 Å². The first-order chi connectivity index (χ1) is 48.3. The van der Waals surface area contributed by atoms with E-state index in [9.17, 15) is 25.3 Å². The summed E-state index contributed by atoms with van der Waals surface area (Å²) in [5, 5.41) is 10.5. The van der Waals surface area contributed by atoms with Crippen molar-refractivity contribution >= 4 is 122 Å². The van der Waals surface area contributed by atoms with Crippen molar-refractivity contribution in [1.29, 1.82) is 0 Å². The molecule has 8 rings (SSSR count). The van der Waals surface area contributed by atoms with Gasteiger partial charge in [-0.3, -0.25) is 19.9 Å². The number of rotatable bonds is 33. The Balaban J connectivity index is 0.000000669. The number of sulfone groups is 3. The molecule has 576 valence electrons. The maximum absolute atomic E-state index is 11.7. The van der Waals surface area contributed by atoms with Crippen LogP contribution < -0.4 is 52.1 Å². The molecule has 103 heavy (non-hydrogen) atoms. The van der Waals surface area contributed by atoms with Gasteiger partial charge in [0.05, 0.1) is 62.2 Å². The highest BCUT2D eigenvalue weighted by Crippen LogP contribution is 2.29. The van der Waals surface area contributed by atoms with Gasteiger partial charge in [0.15, 0.2) is 16.8 Å². The SMILES string of the molecule is CCCC[C@@H](N)CCS(C)(=O)=O.CCCC[C@H](CCS(C)(=O)=O)Nc1nc(N)nc2cccnc12.CCCC[C@H](CCS(C)(=O)=O)Nc1nc(NCc2ccc(OC)cc2OC)nc2cccnc12.CCN(C(C)C)C(C)C.COc1ccc(CN)c(OC)c1.Cl.Clc1nc(Cl)c2ncccc2n1.[2HH]. The third kappa shape index (κ3) is 36.0. The normalized spacial score (nSPS) is 12.1. The standard InChI is InChI=1S/C24H33N5O4S.C15H23N5O2S.C9H13NO2.C8H19NO2S.C8H19N.C7H3Cl2N3.ClH.H2/c1-5-6-8-18(12-14-34(4,30)31)27-23-22-20(9-7-13-25-22)28-24(29-23)26-16-17-10-11-19(32-2)15-21(17)33-3;1-3-4-6-11(8-10-23(2,21)22)18-14-13-12(7-5-9-17-13)19-15(16)20-14;1-11-8-4-3-7(6-10)9(5-8)12-2;1-3-4-5-8(9)6-7-12(2,10)11;1-6-9(7(2)3)8(4)5;8-6-5-4(2-1-3-10-5)11-7(9)12-6;;/h7,9-11,13,15,18H,5-6,8,12,14,16H2,1-4H3,(H2,26,27,28,29);5,7,9,11H,3-4,6,8,10H2,1-2H3,(H3,16,18,19,20);3-5H,6,10H2,1-2H3;8H,3-7,9H2,1-2H3;7-8H,6H2,1-5H3;1-3H;2*1H/t18-;11-;;8-;;;;/m11.1..../s1/i;;;;;;;1+1. The third-order valence-corrected chi connectivity index (χ3v) is 19.0. The van der Waals surface area contributed by atoms with Crippen LogP contribution in [0.2, 0.25) is 10.4 Å². The van der Waals surface area contributed by atoms with Gasteiger partial charge in [-0.05, 0) is 139 Å². The van der Waals surface area contributed by atoms with Gasteiger partial charge in [0.1, 0.15) is 69.1 Å². The number of nitrogen functional groups attached to an aromatic ring is 1. The molecular weight excluding hydrogens is 1440 g/mol. The van der Waals surface area contributed by atoms with Crippen molar-refractivity contribution in [1.82, 2.24) is 49.8 Å². The number of methoxy groups -OCH3 is 4. The number of benzene rings is 2. The fraction of sp³-hybridized carbons (Fsp3) is 0.535. The molecule has 9 N–H and O–H groups in total. The molecule has 0 spiro atoms. The van der Waals surface area contributed by atoms with Crippen molar-refractivity contribution in [3.63, 3.8) is 0 Å². The number of aromatic nitrogens is 9. The molecule has 0 aliphatic carbocycles. The van der Waals surface area contributed by atoms with Crippen LogP contribution in [0.5, 0.6) is 23.0 Å². The highest BCUT2D eigenvalue weighted by molar-refractivity contribution is 7.91. The number of hydrogen-bond acceptors (Lipinski definition) is 26. The summed E-state index contributed by atoms with van der Waals surface area (Å²) in [6.07, 6.45) is 19.3. The van der Waals surface area contributed by atoms with Crippen LogP contribution in [0.15, 0.2) is 91.4 Å². The highest BCUT2D eigenvalue weighted by Gasteiger charge is 2.19. The molecule has 8 aromatic rings. The largest absolute Gasteiger partial charge is 0.497 e. The van der Waals surface area contributed by atoms with Gasteiger partial charge in [-0.25, -0.2) is 45.2 Å². The molecular formula is C71H113Cl3N16O10S3. The maximum Gasteiger partial charge on any atom is 0.225 e. The number of ether oxygens (including phenoxy) is 4. The highest BCUT2D eigenvalue weighted by atomic mass is 35.5. The number of halogens is 3. The number of unbranched alkanes of at least 4 members (excludes halogenated alkanes) is 3. The molecule has 26 nitrogen and oxygen atoms in total. The molecule has 0 aliphatic rings. The minimum atomic E-state index is -3.06. The molecule has 6 heterocycles. The van der Waals surface area contributed by atoms with Gasteiger partial charge in [-0.15, -0.1) is 12.4 Å². The monoisotopic (exact) mass is 1550 g/mol. The average molecular weight is 1550 g/mol. The molecule has 3 atom stereocenters. The minimum Gasteiger partial charge on any atom is -0.497 e. The summed E-state index contributed by atoms with van der Waals surface area (Å²) < 4.78 is 88.8. The van der Waals surface area contributed by atoms with Gasteiger partial charge in [0.25, 0.3) is 0 Å². The van der Waals surface area contributed by atoms with E-state index in [-0.39, 0.29) is 65.6 Å². The quantitative estimate of drug-likeness (QED) is 0.0164. The van der Waals surface area contributed by atoms with Gasteiger partial charge in [0.2, 0.25) is 17.2 Å². The first-order valence-corrected chi connectivity index (χ1v) is 41.2. The second-order valence-corrected chi connectivity index (χ2v) is 32.3. The second-order valence-electron chi connectivity index (χ2n) is 24.8. The summed E-state index contributed by atoms with van der Waals surface area (Å²) in [5.74, 6) is 5.21. The average Bonchev–Trinajstić information content (AvgIpc) is 0.814. The Labute approximate surface area is 629 Å². The summed E-state index contributed by atoms with van der Waals surface area (Å²) in [6, 6.07) is 23.5. The number of nitrogens with two attached hydrogens (primary N) is 3. The van der Waals surface area contributed by atoms with Crippen molar-refractivity contribution in [2.45, 2.75) is 176 Å². The zero-order valence-electron chi connectivity index (χ0n) is 62.5. The van der Waals surface area contributed by atoms with Crippen molar-refractivity contribution in [2.24, 2.45) is 11.5 Å². The van der Waals surface area contributed by atoms with Crippen LogP contribution in [0, 0.1) is 0 Å². The van der Waals surface area contributed by atoms with E-state index in [2.05, 4.69) is 121 Å². The van der Waals surface area contributed by atoms with E-state index in [1.54, 1.807) is 65.2 Å². The van der Waals surface area contributed by atoms with Crippen LogP contribution in [0.3, 0.4) is 0 Å². The Morgan fingerprint density at radius 1 is 0.534 bits per heavy atom. The predicted octanol–water partition coefficient (Wildman–Crippen LogP) is 13.3. The van der Waals surface area contributed by atoms with Gasteiger partial charge >= 0.3 is 0 Å². The molecule has 2 aromatic carbocycles. The number of pyridine rings is 3. The first kappa shape index (κ1) is 92.0. The predicted molar refractivity (Wildman–Crippen MR) is 427 cm³/mol. The Morgan fingerprint density at radius 3 is 1.39 bits per heavy atom. The Kier molecular flexibility index (Phi) is 43.0. The number of nitrogens with one attached hydrogen (secondary N) is 3. The smallest absolute Gasteiger partial charge is 0.225 e. The van der Waals surface area contributed by atoms with E-state index in [0.29, 0.717) is 107 Å². The van der Waals surface area contributed by atoms with E-state index in [4.69, 9.17) is 59.4 Å². The van der Waals surface area contributed by atoms with E-state index in [0.717, 1.165) is 87.0 Å². The molecule has 0 saturated carbocycles. The lowest BCUT2D eigenvalue weighted by atomic mass is 10.1. The summed E-state index contributed by atoms with van der Waals surface area (Å²) in [6.45, 7) is 19.6. The summed E-state index contributed by atoms with van der Waals surface area (Å²) in [5.41, 5.74) is 22.8. The molecule has 0 unspecified atom stereocenters. The maximum atomic E-state index is 11.7. The number of hydrogen-bond donors (Lipinski definition) is 6. The lowest BCUT2D eigenvalue weighted by Gasteiger charge is -2.28. The molecule has 0 saturated heterocycles. The molecule has 32 heteroatoms. The van der Waals surface area contributed by atoms with Gasteiger partial charge in [0, 0.05) is 105 Å². The van der Waals surface area contributed by atoms with Crippen molar-refractivity contribution in [3.8, 4) is 23.0 Å². The lowest BCUT2D eigenvalue weighted by molar-refractivity contribution is 0.185. The Morgan fingerprint density at radius 2 is 0.961 bits per heavy atom. The van der Waals surface area contributed by atoms with E-state index in [1.807, 2.05) is 54.6 Å². The molecule has 6 aromatic heterocycles. The first-order valence-electron chi connectivity index (χ1n) is 34.2. The van der Waals surface area contributed by atoms with Crippen LogP contribution in [-0.4, -0.2) is 176 Å². The Hall–Kier alpha value is -7.09. The third-order valence-electron chi connectivity index (χ3n) is 15.6. The topological polar surface area (TPSA) is 373 Å². The van der Waals surface area contributed by atoms with Gasteiger partial charge in [-0.1, -0.05) is 83.9 Å². The lowest BCUT2D eigenvalue weighted by Crippen LogP contribution is -2.36. The molecule has 0 bridgehead atoms. The second kappa shape index (κ2) is 48.1. The van der Waals surface area contributed by atoms with Crippen molar-refractivity contribution in [3.05, 3.63) is 113 Å². The van der Waals surface area contributed by atoms with Crippen LogP contribution in [-0.2, 0) is 42.6 Å². The van der Waals surface area contributed by atoms with Crippen LogP contribution >= 0.6 is 35.6 Å². The van der Waals surface area contributed by atoms with Gasteiger partial charge < -0.3 is 52.1 Å².